The van der Waals surface area contributed by atoms with Crippen molar-refractivity contribution in [2.75, 3.05) is 0 Å². The number of hydrogen-bond acceptors (Lipinski definition) is 0. The Hall–Kier alpha value is -1.65. The summed E-state index contributed by atoms with van der Waals surface area (Å²) in [7, 11) is 0. The van der Waals surface area contributed by atoms with Crippen molar-refractivity contribution in [1.82, 2.24) is 0 Å². The van der Waals surface area contributed by atoms with Gasteiger partial charge in [-0.2, -0.15) is 0 Å². The van der Waals surface area contributed by atoms with Crippen molar-refractivity contribution < 1.29 is 13.5 Å². The zero-order chi connectivity index (χ0) is 16.2. The van der Waals surface area contributed by atoms with Gasteiger partial charge in [0.1, 0.15) is 0 Å². The fourth-order valence-corrected chi connectivity index (χ4v) is 12.1. The van der Waals surface area contributed by atoms with E-state index in [1.807, 2.05) is 0 Å². The van der Waals surface area contributed by atoms with Crippen molar-refractivity contribution in [3.05, 3.63) is 106 Å². The van der Waals surface area contributed by atoms with Crippen molar-refractivity contribution in [2.45, 2.75) is 12.8 Å². The van der Waals surface area contributed by atoms with Gasteiger partial charge in [-0.3, -0.25) is 0 Å². The van der Waals surface area contributed by atoms with Gasteiger partial charge in [-0.15, -0.1) is 0 Å². The second-order valence-electron chi connectivity index (χ2n) is 5.65. The molecular formula is C22H20FeP. The first-order chi connectivity index (χ1) is 11.9. The first kappa shape index (κ1) is 15.9. The molecule has 0 spiro atoms. The fourth-order valence-electron chi connectivity index (χ4n) is 2.87. The molecule has 0 unspecified atom stereocenters. The molecule has 4 rings (SSSR count). The van der Waals surface area contributed by atoms with Crippen LogP contribution in [-0.4, -0.2) is 0 Å². The van der Waals surface area contributed by atoms with E-state index in [9.17, 15) is 0 Å². The predicted molar refractivity (Wildman–Crippen MR) is 103 cm³/mol. The zero-order valence-electron chi connectivity index (χ0n) is 13.5. The van der Waals surface area contributed by atoms with Crippen LogP contribution in [0.25, 0.3) is 0 Å². The van der Waals surface area contributed by atoms with Gasteiger partial charge in [0.05, 0.1) is 0 Å². The van der Waals surface area contributed by atoms with E-state index in [0.717, 1.165) is 12.8 Å². The van der Waals surface area contributed by atoms with E-state index < -0.39 is 13.5 Å². The Morgan fingerprint density at radius 1 is 0.625 bits per heavy atom. The van der Waals surface area contributed by atoms with Crippen LogP contribution in [0.5, 0.6) is 0 Å². The van der Waals surface area contributed by atoms with Crippen LogP contribution in [0.15, 0.2) is 106 Å². The van der Waals surface area contributed by atoms with E-state index in [-0.39, 0.29) is 6.61 Å². The molecule has 0 atom stereocenters. The SMILES string of the molecule is C1=CC[C]([Fe]([C]2=CC=CC2)[P](c2ccccc2)c2ccccc2)=C1. The second-order valence-corrected chi connectivity index (χ2v) is 12.2. The molecule has 2 aromatic rings. The predicted octanol–water partition coefficient (Wildman–Crippen LogP) is 5.34. The Bertz CT molecular complexity index is 746. The van der Waals surface area contributed by atoms with Gasteiger partial charge >= 0.3 is 150 Å². The van der Waals surface area contributed by atoms with Crippen molar-refractivity contribution in [3.8, 4) is 0 Å². The Morgan fingerprint density at radius 2 is 1.08 bits per heavy atom. The third-order valence-electron chi connectivity index (χ3n) is 3.98. The van der Waals surface area contributed by atoms with Crippen LogP contribution in [0.2, 0.25) is 0 Å². The van der Waals surface area contributed by atoms with Crippen LogP contribution in [0, 0.1) is 0 Å². The molecule has 0 saturated heterocycles. The van der Waals surface area contributed by atoms with E-state index in [0.29, 0.717) is 0 Å². The number of benzene rings is 2. The fraction of sp³-hybridized carbons (Fsp3) is 0.0909. The normalized spacial score (nSPS) is 16.5. The molecule has 0 nitrogen and oxygen atoms in total. The summed E-state index contributed by atoms with van der Waals surface area (Å²) < 4.78 is 3.28. The third kappa shape index (κ3) is 3.26. The van der Waals surface area contributed by atoms with Crippen LogP contribution in [0.3, 0.4) is 0 Å². The van der Waals surface area contributed by atoms with Crippen LogP contribution >= 0.6 is 6.61 Å². The number of hydrogen-bond donors (Lipinski definition) is 0. The number of rotatable bonds is 5. The minimum absolute atomic E-state index is 0.370. The quantitative estimate of drug-likeness (QED) is 0.492. The van der Waals surface area contributed by atoms with E-state index >= 15 is 0 Å². The number of allylic oxidation sites excluding steroid dienone is 8. The van der Waals surface area contributed by atoms with Gasteiger partial charge in [-0.1, -0.05) is 0 Å². The molecule has 0 saturated carbocycles. The van der Waals surface area contributed by atoms with Crippen molar-refractivity contribution in [2.24, 2.45) is 0 Å². The summed E-state index contributed by atoms with van der Waals surface area (Å²) in [5.41, 5.74) is 0. The molecule has 2 aliphatic rings. The first-order valence-corrected chi connectivity index (χ1v) is 12.0. The summed E-state index contributed by atoms with van der Waals surface area (Å²) in [6, 6.07) is 22.3. The maximum atomic E-state index is 2.38. The summed E-state index contributed by atoms with van der Waals surface area (Å²) in [5, 5.41) is 3.00. The summed E-state index contributed by atoms with van der Waals surface area (Å²) >= 11 is -0.549. The van der Waals surface area contributed by atoms with Crippen molar-refractivity contribution >= 4 is 17.2 Å². The molecule has 0 aromatic heterocycles. The summed E-state index contributed by atoms with van der Waals surface area (Å²) in [6.45, 7) is -0.370. The van der Waals surface area contributed by atoms with E-state index in [4.69, 9.17) is 0 Å². The Balaban J connectivity index is 1.83. The zero-order valence-corrected chi connectivity index (χ0v) is 15.5. The third-order valence-corrected chi connectivity index (χ3v) is 12.8. The topological polar surface area (TPSA) is 0 Å². The molecule has 0 N–H and O–H groups in total. The maximum absolute atomic E-state index is 2.38. The van der Waals surface area contributed by atoms with Crippen LogP contribution in [-0.2, 0) is 13.5 Å². The standard InChI is InChI=1S/C12H10P.2C5H5.Fe/c1-3-7-11(8-4-1)13-12-9-5-2-6-10-12;2*1-2-4-5-3-1;/h1-10H;2*1-3H,4H2;/q-1;;;+1. The second kappa shape index (κ2) is 7.49. The van der Waals surface area contributed by atoms with Crippen molar-refractivity contribution in [3.63, 3.8) is 0 Å². The molecule has 2 heteroatoms. The van der Waals surface area contributed by atoms with Gasteiger partial charge in [0, 0.05) is 0 Å². The average Bonchev–Trinajstić information content (AvgIpc) is 3.35. The molecule has 0 aliphatic heterocycles. The molecule has 0 bridgehead atoms. The molecular weight excluding hydrogens is 351 g/mol. The van der Waals surface area contributed by atoms with Gasteiger partial charge in [0.15, 0.2) is 0 Å². The van der Waals surface area contributed by atoms with Crippen LogP contribution in [0.4, 0.5) is 0 Å². The Kier molecular flexibility index (Phi) is 4.95. The molecule has 0 fully saturated rings. The van der Waals surface area contributed by atoms with Crippen LogP contribution in [0.1, 0.15) is 12.8 Å². The molecule has 0 radical (unpaired) electrons. The summed E-state index contributed by atoms with van der Waals surface area (Å²) in [5.74, 6) is 0. The van der Waals surface area contributed by atoms with Gasteiger partial charge in [0.25, 0.3) is 0 Å². The molecule has 0 amide bonds. The Morgan fingerprint density at radius 3 is 1.46 bits per heavy atom. The first-order valence-electron chi connectivity index (χ1n) is 8.21. The van der Waals surface area contributed by atoms with E-state index in [2.05, 4.69) is 97.1 Å². The van der Waals surface area contributed by atoms with Gasteiger partial charge in [-0.05, 0) is 0 Å². The summed E-state index contributed by atoms with van der Waals surface area (Å²) in [6.07, 6.45) is 16.1. The molecule has 2 aromatic carbocycles. The van der Waals surface area contributed by atoms with Crippen LogP contribution < -0.4 is 10.6 Å². The van der Waals surface area contributed by atoms with Gasteiger partial charge in [-0.25, -0.2) is 0 Å². The molecule has 0 heterocycles. The molecule has 2 aliphatic carbocycles. The van der Waals surface area contributed by atoms with Gasteiger partial charge < -0.3 is 0 Å². The average molecular weight is 371 g/mol. The molecule has 121 valence electrons. The minimum atomic E-state index is -0.549. The monoisotopic (exact) mass is 371 g/mol. The Labute approximate surface area is 149 Å². The van der Waals surface area contributed by atoms with Crippen molar-refractivity contribution in [1.29, 1.82) is 0 Å². The van der Waals surface area contributed by atoms with Gasteiger partial charge in [0.2, 0.25) is 0 Å². The van der Waals surface area contributed by atoms with E-state index in [1.165, 1.54) is 10.6 Å². The molecule has 24 heavy (non-hydrogen) atoms. The van der Waals surface area contributed by atoms with E-state index in [1.54, 1.807) is 8.94 Å². The summed E-state index contributed by atoms with van der Waals surface area (Å²) in [4.78, 5) is 0.